The Morgan fingerprint density at radius 3 is 1.40 bits per heavy atom. The second-order valence-corrected chi connectivity index (χ2v) is 26.9. The molecule has 4 atom stereocenters. The Morgan fingerprint density at radius 1 is 0.571 bits per heavy atom. The summed E-state index contributed by atoms with van der Waals surface area (Å²) in [5.41, 5.74) is 2.35. The molecule has 516 valence electrons. The summed E-state index contributed by atoms with van der Waals surface area (Å²) in [6.45, 7) is 10.1. The summed E-state index contributed by atoms with van der Waals surface area (Å²) >= 11 is 0. The van der Waals surface area contributed by atoms with E-state index in [2.05, 4.69) is 9.97 Å². The van der Waals surface area contributed by atoms with Gasteiger partial charge in [0.05, 0.1) is 49.8 Å². The second-order valence-electron chi connectivity index (χ2n) is 22.9. The Bertz CT molecular complexity index is 4140. The summed E-state index contributed by atoms with van der Waals surface area (Å²) in [4.78, 5) is 106. The number of ether oxygens (including phenoxy) is 4. The predicted octanol–water partition coefficient (Wildman–Crippen LogP) is 5.92. The third-order valence-corrected chi connectivity index (χ3v) is 19.6. The van der Waals surface area contributed by atoms with Crippen molar-refractivity contribution in [3.8, 4) is 28.7 Å². The molecule has 4 N–H and O–H groups in total. The molecule has 0 spiro atoms. The third kappa shape index (κ3) is 18.2. The van der Waals surface area contributed by atoms with Crippen LogP contribution in [0.2, 0.25) is 0 Å². The number of aromatic nitrogens is 2. The zero-order valence-corrected chi connectivity index (χ0v) is 58.3. The van der Waals surface area contributed by atoms with Crippen molar-refractivity contribution in [1.29, 1.82) is 0 Å². The molecule has 4 aliphatic rings. The van der Waals surface area contributed by atoms with Crippen LogP contribution in [0.15, 0.2) is 116 Å². The fourth-order valence-corrected chi connectivity index (χ4v) is 14.4. The Kier molecular flexibility index (Phi) is 25.9. The molecule has 2 unspecified atom stereocenters. The summed E-state index contributed by atoms with van der Waals surface area (Å²) in [6.07, 6.45) is -0.864. The van der Waals surface area contributed by atoms with Crippen molar-refractivity contribution in [2.45, 2.75) is 66.1 Å². The average Bonchev–Trinajstić information content (AvgIpc) is 1.52. The molecule has 27 nitrogen and oxygen atoms in total. The second kappa shape index (κ2) is 33.6. The van der Waals surface area contributed by atoms with Gasteiger partial charge in [0.1, 0.15) is 39.9 Å². The van der Waals surface area contributed by atoms with Gasteiger partial charge in [-0.05, 0) is 99.5 Å². The van der Waals surface area contributed by atoms with Gasteiger partial charge < -0.3 is 63.7 Å². The topological polar surface area (TPSA) is 337 Å². The number of pyridine rings is 2. The van der Waals surface area contributed by atoms with E-state index in [0.717, 1.165) is 0 Å². The molecule has 4 aliphatic heterocycles. The molecule has 98 heavy (non-hydrogen) atoms. The Labute approximate surface area is 584 Å². The summed E-state index contributed by atoms with van der Waals surface area (Å²) in [6, 6.07) is 26.7. The molecular formula is C66H73F2N8NaO19P2. The number of phenolic OH excluding ortho intramolecular Hbond substituents is 2. The maximum absolute atomic E-state index is 13.9. The van der Waals surface area contributed by atoms with Gasteiger partial charge >= 0.3 is 68.9 Å². The van der Waals surface area contributed by atoms with E-state index >= 15 is 0 Å². The Hall–Kier alpha value is -8.18. The molecule has 2 fully saturated rings. The molecule has 11 rings (SSSR count). The molecule has 4 amide bonds. The summed E-state index contributed by atoms with van der Waals surface area (Å²) in [7, 11) is -7.88. The van der Waals surface area contributed by atoms with Gasteiger partial charge in [0.2, 0.25) is 0 Å². The van der Waals surface area contributed by atoms with Gasteiger partial charge in [-0.15, -0.1) is 0 Å². The molecule has 32 heteroatoms. The largest absolute Gasteiger partial charge is 1.00 e. The van der Waals surface area contributed by atoms with Gasteiger partial charge in [-0.2, -0.15) is 0 Å². The van der Waals surface area contributed by atoms with Crippen molar-refractivity contribution >= 4 is 72.9 Å². The maximum atomic E-state index is 13.9. The van der Waals surface area contributed by atoms with Crippen molar-refractivity contribution in [2.24, 2.45) is 0 Å². The Balaban J connectivity index is 0.000000247. The van der Waals surface area contributed by atoms with Gasteiger partial charge in [0, 0.05) is 113 Å². The molecule has 0 aliphatic carbocycles. The molecule has 5 aromatic carbocycles. The van der Waals surface area contributed by atoms with Crippen LogP contribution < -0.4 is 43.6 Å². The molecule has 2 saturated heterocycles. The van der Waals surface area contributed by atoms with Crippen LogP contribution in [0.3, 0.4) is 0 Å². The van der Waals surface area contributed by atoms with E-state index in [1.807, 2.05) is 9.80 Å². The number of carbonyl (C=O) groups excluding carboxylic acids is 6. The van der Waals surface area contributed by atoms with Crippen LogP contribution >= 0.6 is 15.2 Å². The number of esters is 2. The van der Waals surface area contributed by atoms with Gasteiger partial charge in [-0.3, -0.25) is 43.0 Å². The zero-order valence-electron chi connectivity index (χ0n) is 54.5. The number of aromatic hydroxyl groups is 2. The van der Waals surface area contributed by atoms with Crippen molar-refractivity contribution in [1.82, 2.24) is 39.4 Å². The van der Waals surface area contributed by atoms with Gasteiger partial charge in [-0.1, -0.05) is 42.5 Å². The first-order chi connectivity index (χ1) is 46.0. The summed E-state index contributed by atoms with van der Waals surface area (Å²) < 4.78 is 91.5. The fourth-order valence-electron chi connectivity index (χ4n) is 11.4. The summed E-state index contributed by atoms with van der Waals surface area (Å²) in [5.74, 6) is -3.07. The molecule has 0 saturated carbocycles. The van der Waals surface area contributed by atoms with Crippen molar-refractivity contribution < 1.29 is 129 Å². The van der Waals surface area contributed by atoms with Crippen LogP contribution in [0.1, 0.15) is 70.7 Å². The standard InChI is InChI=1S/C36H38FN4O9P.C30H34FN4O9P.Na.H2O/c1-3-47-35(44)24(2)49-51(46,50-27-8-5-4-6-9-27)21-20-39-16-18-40(19-17-39)36(45)48-33-28-10-7-15-38-31(28)32(42)30-29(33)23-41(34(30)43)22-25-11-13-26(37)14-12-25;1-3-42-29(38)19(2)44-45(40,41)16-15-33-11-13-34(14-12-33)30(39)43-27-22-5-4-10-32-25(22)26(36)24-23(27)18-35(28(24)37)17-20-6-8-21(31)9-7-20;;/h4-15,24,42H,3,16-23H2,1-2H3;4-10,19,36H,3,11-18H2,1-2H3,(H,40,41);;1H2/q;;+1;/p-1/t24-,51?;19-;;/m11../s1. The first kappa shape index (κ1) is 75.6. The van der Waals surface area contributed by atoms with Crippen LogP contribution in [0.5, 0.6) is 28.7 Å². The molecule has 2 aromatic heterocycles. The number of phenols is 2. The van der Waals surface area contributed by atoms with Gasteiger partial charge in [0.25, 0.3) is 11.8 Å². The zero-order chi connectivity index (χ0) is 68.4. The number of fused-ring (bicyclic) bond motifs is 4. The number of hydrogen-bond acceptors (Lipinski definition) is 22. The number of piperazine rings is 2. The minimum Gasteiger partial charge on any atom is -0.870 e. The Morgan fingerprint density at radius 2 is 0.980 bits per heavy atom. The first-order valence-corrected chi connectivity index (χ1v) is 34.6. The van der Waals surface area contributed by atoms with Crippen LogP contribution in [-0.2, 0) is 63.4 Å². The monoisotopic (exact) mass is 1400 g/mol. The minimum absolute atomic E-state index is 0. The van der Waals surface area contributed by atoms with E-state index in [9.17, 15) is 61.8 Å². The van der Waals surface area contributed by atoms with E-state index in [1.54, 1.807) is 92.7 Å². The van der Waals surface area contributed by atoms with Crippen LogP contribution in [0.4, 0.5) is 18.4 Å². The number of halogens is 2. The normalized spacial score (nSPS) is 16.4. The number of para-hydroxylation sites is 1. The van der Waals surface area contributed by atoms with Crippen molar-refractivity contribution in [2.75, 3.05) is 91.0 Å². The quantitative estimate of drug-likeness (QED) is 0.0402. The van der Waals surface area contributed by atoms with Gasteiger partial charge in [0.15, 0.2) is 23.7 Å². The predicted molar refractivity (Wildman–Crippen MR) is 345 cm³/mol. The van der Waals surface area contributed by atoms with Crippen LogP contribution in [0, 0.1) is 11.6 Å². The number of amides is 4. The van der Waals surface area contributed by atoms with E-state index < -0.39 is 75.0 Å². The fraction of sp³-hybridized carbons (Fsp3) is 0.364. The molecule has 7 aromatic rings. The van der Waals surface area contributed by atoms with Gasteiger partial charge in [-0.25, -0.2) is 32.5 Å². The number of nitrogens with zero attached hydrogens (tertiary/aromatic N) is 8. The molecule has 0 bridgehead atoms. The number of hydrogen-bond donors (Lipinski definition) is 3. The van der Waals surface area contributed by atoms with Crippen molar-refractivity contribution in [3.63, 3.8) is 0 Å². The van der Waals surface area contributed by atoms with E-state index in [4.69, 9.17) is 32.5 Å². The number of benzene rings is 5. The van der Waals surface area contributed by atoms with E-state index in [1.165, 1.54) is 70.1 Å². The number of rotatable bonds is 22. The third-order valence-electron chi connectivity index (χ3n) is 16.3. The van der Waals surface area contributed by atoms with Crippen molar-refractivity contribution in [3.05, 3.63) is 161 Å². The SMILES string of the molecule is CCOC(=O)[C@@H](C)OP(=O)(CCN1CCN(C(=O)Oc2c3c(c(O)c4ncccc24)C(=O)N(Cc2ccc(F)cc2)C3)CC1)Oc1ccccc1.CCOC(=O)[C@@H](C)OP(=O)(O)CCN1CCN(C(=O)Oc2c3c(c(O)c4ncccc24)C(=O)N(Cc2ccc(F)cc2)C3)CC1.[Na+].[OH-]. The number of carbonyl (C=O) groups is 6. The molecular weight excluding hydrogens is 1330 g/mol. The summed E-state index contributed by atoms with van der Waals surface area (Å²) in [5, 5.41) is 22.9. The van der Waals surface area contributed by atoms with Crippen LogP contribution in [0.25, 0.3) is 21.8 Å². The first-order valence-electron chi connectivity index (χ1n) is 31.1. The average molecular weight is 1410 g/mol. The van der Waals surface area contributed by atoms with Crippen LogP contribution in [-0.4, -0.2) is 199 Å². The van der Waals surface area contributed by atoms with E-state index in [-0.39, 0.29) is 165 Å². The molecule has 6 heterocycles. The smallest absolute Gasteiger partial charge is 0.870 e. The van der Waals surface area contributed by atoms with E-state index in [0.29, 0.717) is 71.5 Å². The minimum atomic E-state index is -4.07. The maximum Gasteiger partial charge on any atom is 1.00 e. The molecule has 0 radical (unpaired) electrons.